The van der Waals surface area contributed by atoms with Crippen LogP contribution in [0.1, 0.15) is 6.42 Å². The molecule has 1 rings (SSSR count). The molecule has 2 N–H and O–H groups in total. The number of benzene rings is 1. The Balaban J connectivity index is 2.24. The van der Waals surface area contributed by atoms with Crippen LogP contribution in [0.2, 0.25) is 10.0 Å². The minimum atomic E-state index is -2.94. The number of sulfone groups is 1. The predicted octanol–water partition coefficient (Wildman–Crippen LogP) is 1.76. The van der Waals surface area contributed by atoms with Crippen LogP contribution in [0.25, 0.3) is 0 Å². The second-order valence-corrected chi connectivity index (χ2v) is 7.78. The first-order valence-corrected chi connectivity index (χ1v) is 9.24. The van der Waals surface area contributed by atoms with E-state index in [4.69, 9.17) is 27.9 Å². The topological polar surface area (TPSA) is 75.6 Å². The van der Waals surface area contributed by atoms with Crippen molar-refractivity contribution in [1.29, 1.82) is 0 Å². The summed E-state index contributed by atoms with van der Waals surface area (Å²) in [6.45, 7) is 0.853. The number of hydrogen-bond donors (Lipinski definition) is 2. The second-order valence-electron chi connectivity index (χ2n) is 4.70. The Bertz CT molecular complexity index is 531. The first kappa shape index (κ1) is 18.5. The van der Waals surface area contributed by atoms with Gasteiger partial charge in [0, 0.05) is 12.8 Å². The van der Waals surface area contributed by atoms with Gasteiger partial charge < -0.3 is 15.2 Å². The maximum atomic E-state index is 10.9. The molecule has 0 aliphatic rings. The summed E-state index contributed by atoms with van der Waals surface area (Å²) >= 11 is 11.9. The van der Waals surface area contributed by atoms with Gasteiger partial charge in [-0.05, 0) is 25.1 Å². The number of aliphatic hydroxyl groups is 1. The van der Waals surface area contributed by atoms with Crippen molar-refractivity contribution in [1.82, 2.24) is 5.32 Å². The van der Waals surface area contributed by atoms with Gasteiger partial charge in [-0.2, -0.15) is 0 Å². The maximum absolute atomic E-state index is 10.9. The largest absolute Gasteiger partial charge is 0.488 e. The number of para-hydroxylation sites is 1. The van der Waals surface area contributed by atoms with Crippen molar-refractivity contribution >= 4 is 33.0 Å². The highest BCUT2D eigenvalue weighted by Gasteiger charge is 2.10. The lowest BCUT2D eigenvalue weighted by Crippen LogP contribution is -2.32. The van der Waals surface area contributed by atoms with Crippen LogP contribution in [0.4, 0.5) is 0 Å². The molecule has 0 fully saturated rings. The average molecular weight is 356 g/mol. The average Bonchev–Trinajstić information content (AvgIpc) is 2.36. The van der Waals surface area contributed by atoms with Crippen LogP contribution in [-0.2, 0) is 9.84 Å². The molecule has 21 heavy (non-hydrogen) atoms. The summed E-state index contributed by atoms with van der Waals surface area (Å²) in [4.78, 5) is 0. The van der Waals surface area contributed by atoms with E-state index >= 15 is 0 Å². The Morgan fingerprint density at radius 3 is 2.52 bits per heavy atom. The number of hydrogen-bond acceptors (Lipinski definition) is 5. The molecule has 1 aromatic carbocycles. The zero-order valence-corrected chi connectivity index (χ0v) is 14.0. The molecular formula is C13H19Cl2NO4S. The van der Waals surface area contributed by atoms with Gasteiger partial charge in [-0.3, -0.25) is 0 Å². The lowest BCUT2D eigenvalue weighted by molar-refractivity contribution is 0.107. The van der Waals surface area contributed by atoms with Gasteiger partial charge in [-0.15, -0.1) is 0 Å². The third kappa shape index (κ3) is 7.87. The van der Waals surface area contributed by atoms with E-state index in [0.29, 0.717) is 35.3 Å². The van der Waals surface area contributed by atoms with Gasteiger partial charge in [0.05, 0.1) is 15.8 Å². The second kappa shape index (κ2) is 8.80. The third-order valence-corrected chi connectivity index (χ3v) is 4.21. The van der Waals surface area contributed by atoms with E-state index in [0.717, 1.165) is 0 Å². The molecule has 0 amide bonds. The fourth-order valence-corrected chi connectivity index (χ4v) is 2.76. The van der Waals surface area contributed by atoms with Gasteiger partial charge in [-0.25, -0.2) is 8.42 Å². The molecule has 0 aliphatic heterocycles. The highest BCUT2D eigenvalue weighted by molar-refractivity contribution is 7.90. The first-order valence-electron chi connectivity index (χ1n) is 6.43. The minimum Gasteiger partial charge on any atom is -0.488 e. The van der Waals surface area contributed by atoms with Crippen molar-refractivity contribution < 1.29 is 18.3 Å². The molecule has 0 aromatic heterocycles. The summed E-state index contributed by atoms with van der Waals surface area (Å²) in [5, 5.41) is 13.5. The predicted molar refractivity (Wildman–Crippen MR) is 85.2 cm³/mol. The summed E-state index contributed by atoms with van der Waals surface area (Å²) in [5.74, 6) is 0.471. The molecule has 0 aliphatic carbocycles. The van der Waals surface area contributed by atoms with E-state index in [1.54, 1.807) is 18.2 Å². The fourth-order valence-electron chi connectivity index (χ4n) is 1.59. The smallest absolute Gasteiger partial charge is 0.156 e. The zero-order chi connectivity index (χ0) is 15.9. The van der Waals surface area contributed by atoms with Crippen LogP contribution < -0.4 is 10.1 Å². The Morgan fingerprint density at radius 2 is 1.95 bits per heavy atom. The number of nitrogens with one attached hydrogen (secondary N) is 1. The third-order valence-electron chi connectivity index (χ3n) is 2.59. The van der Waals surface area contributed by atoms with Crippen LogP contribution in [0.15, 0.2) is 18.2 Å². The van der Waals surface area contributed by atoms with Gasteiger partial charge >= 0.3 is 0 Å². The molecule has 0 saturated heterocycles. The summed E-state index contributed by atoms with van der Waals surface area (Å²) in [5.41, 5.74) is 0. The van der Waals surface area contributed by atoms with Crippen LogP contribution in [0.3, 0.4) is 0 Å². The van der Waals surface area contributed by atoms with Gasteiger partial charge in [0.15, 0.2) is 5.75 Å². The van der Waals surface area contributed by atoms with Crippen LogP contribution in [-0.4, -0.2) is 51.3 Å². The van der Waals surface area contributed by atoms with Crippen molar-refractivity contribution in [2.45, 2.75) is 12.5 Å². The van der Waals surface area contributed by atoms with Gasteiger partial charge in [0.2, 0.25) is 0 Å². The lowest BCUT2D eigenvalue weighted by Gasteiger charge is -2.14. The number of ether oxygens (including phenoxy) is 1. The van der Waals surface area contributed by atoms with E-state index in [1.807, 2.05) is 0 Å². The molecule has 0 radical (unpaired) electrons. The molecule has 1 aromatic rings. The van der Waals surface area contributed by atoms with E-state index in [-0.39, 0.29) is 12.4 Å². The molecule has 5 nitrogen and oxygen atoms in total. The number of aliphatic hydroxyl groups excluding tert-OH is 1. The summed E-state index contributed by atoms with van der Waals surface area (Å²) < 4.78 is 27.2. The van der Waals surface area contributed by atoms with E-state index in [9.17, 15) is 13.5 Å². The van der Waals surface area contributed by atoms with Crippen LogP contribution >= 0.6 is 23.2 Å². The highest BCUT2D eigenvalue weighted by atomic mass is 35.5. The first-order chi connectivity index (χ1) is 9.79. The van der Waals surface area contributed by atoms with Crippen LogP contribution in [0.5, 0.6) is 5.75 Å². The SMILES string of the molecule is CS(=O)(=O)CCCNCC(O)COc1c(Cl)cccc1Cl. The number of halogens is 2. The highest BCUT2D eigenvalue weighted by Crippen LogP contribution is 2.32. The normalized spacial score (nSPS) is 13.1. The Hall–Kier alpha value is -0.530. The molecule has 120 valence electrons. The Morgan fingerprint density at radius 1 is 1.33 bits per heavy atom. The van der Waals surface area contributed by atoms with Crippen molar-refractivity contribution in [2.75, 3.05) is 31.7 Å². The molecule has 1 atom stereocenters. The minimum absolute atomic E-state index is 0.0442. The van der Waals surface area contributed by atoms with Crippen molar-refractivity contribution in [3.8, 4) is 5.75 Å². The molecule has 0 bridgehead atoms. The summed E-state index contributed by atoms with van der Waals surface area (Å²) in [6.07, 6.45) is 0.960. The monoisotopic (exact) mass is 355 g/mol. The quantitative estimate of drug-likeness (QED) is 0.660. The molecule has 8 heteroatoms. The maximum Gasteiger partial charge on any atom is 0.156 e. The van der Waals surface area contributed by atoms with Gasteiger partial charge in [-0.1, -0.05) is 29.3 Å². The van der Waals surface area contributed by atoms with Gasteiger partial charge in [0.25, 0.3) is 0 Å². The molecule has 0 heterocycles. The Kier molecular flexibility index (Phi) is 7.76. The molecule has 1 unspecified atom stereocenters. The fraction of sp³-hybridized carbons (Fsp3) is 0.538. The number of rotatable bonds is 9. The van der Waals surface area contributed by atoms with Gasteiger partial charge in [0.1, 0.15) is 22.5 Å². The van der Waals surface area contributed by atoms with E-state index in [1.165, 1.54) is 6.26 Å². The standard InChI is InChI=1S/C13H19Cl2NO4S/c1-21(18,19)7-3-6-16-8-10(17)9-20-13-11(14)4-2-5-12(13)15/h2,4-5,10,16-17H,3,6-9H2,1H3. The molecule has 0 spiro atoms. The zero-order valence-electron chi connectivity index (χ0n) is 11.7. The van der Waals surface area contributed by atoms with Crippen LogP contribution in [0, 0.1) is 0 Å². The Labute approximate surface area is 135 Å². The van der Waals surface area contributed by atoms with E-state index in [2.05, 4.69) is 5.32 Å². The lowest BCUT2D eigenvalue weighted by atomic mass is 10.3. The summed E-state index contributed by atoms with van der Waals surface area (Å²) in [7, 11) is -2.94. The van der Waals surface area contributed by atoms with Crippen molar-refractivity contribution in [3.05, 3.63) is 28.2 Å². The van der Waals surface area contributed by atoms with E-state index < -0.39 is 15.9 Å². The molecule has 0 saturated carbocycles. The summed E-state index contributed by atoms with van der Waals surface area (Å²) in [6, 6.07) is 5.01. The van der Waals surface area contributed by atoms with Crippen molar-refractivity contribution in [2.24, 2.45) is 0 Å². The molecular weight excluding hydrogens is 337 g/mol. The van der Waals surface area contributed by atoms with Crippen molar-refractivity contribution in [3.63, 3.8) is 0 Å².